The van der Waals surface area contributed by atoms with Crippen molar-refractivity contribution in [1.29, 1.82) is 0 Å². The zero-order valence-corrected chi connectivity index (χ0v) is 23.0. The van der Waals surface area contributed by atoms with Crippen LogP contribution < -0.4 is 24.7 Å². The maximum Gasteiger partial charge on any atom is 0.203 e. The lowest BCUT2D eigenvalue weighted by molar-refractivity contribution is 0.0436. The summed E-state index contributed by atoms with van der Waals surface area (Å²) in [5.74, 6) is 1.95. The van der Waals surface area contributed by atoms with Crippen molar-refractivity contribution in [2.24, 2.45) is 5.73 Å². The van der Waals surface area contributed by atoms with E-state index in [9.17, 15) is 8.42 Å². The second kappa shape index (κ2) is 13.9. The molecule has 3 rings (SSSR count). The standard InChI is InChI=1S/C27H39NO8S/c1-5-12-34-13-6-15-37(29,30)26-10-7-19(16-23(26)35-14-11-28)21-8-9-22(36-21)20-17-24(31-2)27(33-4)25(18-20)32-3/h7,10,16-18,21-22H,5-6,8-9,11-15,28H2,1-4H3/t21-,22-/m0/s1. The molecule has 0 amide bonds. The van der Waals surface area contributed by atoms with E-state index in [0.717, 1.165) is 30.4 Å². The molecule has 2 aromatic carbocycles. The quantitative estimate of drug-likeness (QED) is 0.333. The SMILES string of the molecule is CCCOCCCS(=O)(=O)c1ccc([C@@H]2CC[C@@H](c3cc(OC)c(OC)c(OC)c3)O2)cc1OCCN. The smallest absolute Gasteiger partial charge is 0.203 e. The molecule has 0 aromatic heterocycles. The average Bonchev–Trinajstić information content (AvgIpc) is 3.41. The molecular weight excluding hydrogens is 498 g/mol. The summed E-state index contributed by atoms with van der Waals surface area (Å²) in [4.78, 5) is 0.166. The molecule has 0 bridgehead atoms. The molecule has 0 radical (unpaired) electrons. The first-order chi connectivity index (χ1) is 17.9. The molecule has 0 saturated carbocycles. The van der Waals surface area contributed by atoms with E-state index in [2.05, 4.69) is 0 Å². The number of nitrogens with two attached hydrogens (primary N) is 1. The van der Waals surface area contributed by atoms with Crippen molar-refractivity contribution in [3.05, 3.63) is 41.5 Å². The van der Waals surface area contributed by atoms with Crippen molar-refractivity contribution < 1.29 is 36.8 Å². The van der Waals surface area contributed by atoms with Crippen LogP contribution in [0.15, 0.2) is 35.2 Å². The number of methoxy groups -OCH3 is 3. The van der Waals surface area contributed by atoms with Crippen molar-refractivity contribution in [2.75, 3.05) is 53.4 Å². The molecule has 1 aliphatic heterocycles. The van der Waals surface area contributed by atoms with Crippen molar-refractivity contribution >= 4 is 9.84 Å². The van der Waals surface area contributed by atoms with E-state index in [-0.39, 0.29) is 36.0 Å². The van der Waals surface area contributed by atoms with Gasteiger partial charge in [0.05, 0.1) is 39.3 Å². The molecule has 206 valence electrons. The third-order valence-corrected chi connectivity index (χ3v) is 8.01. The Labute approximate surface area is 220 Å². The summed E-state index contributed by atoms with van der Waals surface area (Å²) in [6.45, 7) is 3.53. The van der Waals surface area contributed by atoms with E-state index in [4.69, 9.17) is 34.2 Å². The molecule has 2 N–H and O–H groups in total. The summed E-state index contributed by atoms with van der Waals surface area (Å²) in [7, 11) is 1.17. The van der Waals surface area contributed by atoms with Gasteiger partial charge in [-0.3, -0.25) is 0 Å². The van der Waals surface area contributed by atoms with Gasteiger partial charge in [-0.25, -0.2) is 8.42 Å². The second-order valence-electron chi connectivity index (χ2n) is 8.78. The monoisotopic (exact) mass is 537 g/mol. The molecule has 0 unspecified atom stereocenters. The van der Waals surface area contributed by atoms with Gasteiger partial charge in [0, 0.05) is 19.8 Å². The van der Waals surface area contributed by atoms with Gasteiger partial charge in [-0.2, -0.15) is 0 Å². The summed E-state index contributed by atoms with van der Waals surface area (Å²) in [6, 6.07) is 8.96. The normalized spacial score (nSPS) is 17.5. The van der Waals surface area contributed by atoms with Crippen LogP contribution in [0.4, 0.5) is 0 Å². The number of hydrogen-bond donors (Lipinski definition) is 1. The first kappa shape index (κ1) is 29.0. The van der Waals surface area contributed by atoms with E-state index in [1.807, 2.05) is 19.1 Å². The van der Waals surface area contributed by atoms with Gasteiger partial charge in [0.2, 0.25) is 5.75 Å². The lowest BCUT2D eigenvalue weighted by Gasteiger charge is -2.19. The number of ether oxygens (including phenoxy) is 6. The van der Waals surface area contributed by atoms with Crippen molar-refractivity contribution in [3.63, 3.8) is 0 Å². The van der Waals surface area contributed by atoms with Gasteiger partial charge < -0.3 is 34.2 Å². The van der Waals surface area contributed by atoms with Crippen LogP contribution in [-0.4, -0.2) is 61.9 Å². The van der Waals surface area contributed by atoms with Crippen LogP contribution in [0.1, 0.15) is 55.9 Å². The second-order valence-corrected chi connectivity index (χ2v) is 10.9. The molecule has 1 saturated heterocycles. The lowest BCUT2D eigenvalue weighted by Crippen LogP contribution is -2.15. The summed E-state index contributed by atoms with van der Waals surface area (Å²) in [6.07, 6.45) is 2.46. The third kappa shape index (κ3) is 7.28. The van der Waals surface area contributed by atoms with Crippen LogP contribution in [0.25, 0.3) is 0 Å². The Morgan fingerprint density at radius 2 is 1.54 bits per heavy atom. The molecular formula is C27H39NO8S. The maximum atomic E-state index is 13.1. The minimum atomic E-state index is -3.55. The van der Waals surface area contributed by atoms with Gasteiger partial charge >= 0.3 is 0 Å². The molecule has 2 aromatic rings. The van der Waals surface area contributed by atoms with Gasteiger partial charge in [-0.15, -0.1) is 0 Å². The van der Waals surface area contributed by atoms with Crippen molar-refractivity contribution in [1.82, 2.24) is 0 Å². The molecule has 2 atom stereocenters. The summed E-state index contributed by atoms with van der Waals surface area (Å²) in [5.41, 5.74) is 7.40. The lowest BCUT2D eigenvalue weighted by atomic mass is 10.0. The minimum absolute atomic E-state index is 0.0157. The largest absolute Gasteiger partial charge is 0.493 e. The molecule has 9 nitrogen and oxygen atoms in total. The van der Waals surface area contributed by atoms with Crippen LogP contribution in [0.2, 0.25) is 0 Å². The molecule has 1 fully saturated rings. The zero-order chi connectivity index (χ0) is 26.8. The molecule has 0 aliphatic carbocycles. The molecule has 10 heteroatoms. The molecule has 1 aliphatic rings. The summed E-state index contributed by atoms with van der Waals surface area (Å²) >= 11 is 0. The highest BCUT2D eigenvalue weighted by molar-refractivity contribution is 7.91. The Kier molecular flexibility index (Phi) is 10.9. The average molecular weight is 538 g/mol. The fraction of sp³-hybridized carbons (Fsp3) is 0.556. The zero-order valence-electron chi connectivity index (χ0n) is 22.2. The van der Waals surface area contributed by atoms with E-state index >= 15 is 0 Å². The highest BCUT2D eigenvalue weighted by Crippen LogP contribution is 2.46. The Bertz CT molecular complexity index is 1100. The Morgan fingerprint density at radius 1 is 0.892 bits per heavy atom. The Hall–Kier alpha value is -2.53. The highest BCUT2D eigenvalue weighted by atomic mass is 32.2. The molecule has 1 heterocycles. The van der Waals surface area contributed by atoms with Crippen LogP contribution in [0.3, 0.4) is 0 Å². The van der Waals surface area contributed by atoms with E-state index in [1.165, 1.54) is 0 Å². The number of benzene rings is 2. The van der Waals surface area contributed by atoms with E-state index in [0.29, 0.717) is 42.6 Å². The van der Waals surface area contributed by atoms with Crippen molar-refractivity contribution in [3.8, 4) is 23.0 Å². The van der Waals surface area contributed by atoms with Gasteiger partial charge in [-0.1, -0.05) is 13.0 Å². The fourth-order valence-electron chi connectivity index (χ4n) is 4.39. The maximum absolute atomic E-state index is 13.1. The first-order valence-electron chi connectivity index (χ1n) is 12.6. The topological polar surface area (TPSA) is 116 Å². The minimum Gasteiger partial charge on any atom is -0.493 e. The van der Waals surface area contributed by atoms with Gasteiger partial charge in [0.25, 0.3) is 0 Å². The molecule has 37 heavy (non-hydrogen) atoms. The van der Waals surface area contributed by atoms with E-state index in [1.54, 1.807) is 39.5 Å². The predicted octanol–water partition coefficient (Wildman–Crippen LogP) is 4.23. The number of rotatable bonds is 15. The number of hydrogen-bond acceptors (Lipinski definition) is 9. The van der Waals surface area contributed by atoms with Gasteiger partial charge in [-0.05, 0) is 61.1 Å². The summed E-state index contributed by atoms with van der Waals surface area (Å²) < 4.78 is 60.1. The fourth-order valence-corrected chi connectivity index (χ4v) is 5.80. The number of sulfone groups is 1. The van der Waals surface area contributed by atoms with Crippen LogP contribution in [0, 0.1) is 0 Å². The highest BCUT2D eigenvalue weighted by Gasteiger charge is 2.31. The summed E-state index contributed by atoms with van der Waals surface area (Å²) in [5, 5.41) is 0. The van der Waals surface area contributed by atoms with Crippen LogP contribution in [0.5, 0.6) is 23.0 Å². The third-order valence-electron chi connectivity index (χ3n) is 6.18. The first-order valence-corrected chi connectivity index (χ1v) is 14.3. The Balaban J connectivity index is 1.80. The van der Waals surface area contributed by atoms with Crippen LogP contribution in [-0.2, 0) is 19.3 Å². The predicted molar refractivity (Wildman–Crippen MR) is 141 cm³/mol. The molecule has 0 spiro atoms. The van der Waals surface area contributed by atoms with E-state index < -0.39 is 9.84 Å². The van der Waals surface area contributed by atoms with Crippen LogP contribution >= 0.6 is 0 Å². The van der Waals surface area contributed by atoms with Crippen molar-refractivity contribution in [2.45, 2.75) is 49.7 Å². The van der Waals surface area contributed by atoms with Gasteiger partial charge in [0.15, 0.2) is 21.3 Å². The Morgan fingerprint density at radius 3 is 2.14 bits per heavy atom. The van der Waals surface area contributed by atoms with Gasteiger partial charge in [0.1, 0.15) is 17.3 Å².